The van der Waals surface area contributed by atoms with Gasteiger partial charge in [0, 0.05) is 10.7 Å². The molecule has 0 atom stereocenters. The van der Waals surface area contributed by atoms with E-state index in [0.717, 1.165) is 12.8 Å². The van der Waals surface area contributed by atoms with E-state index < -0.39 is 9.05 Å². The van der Waals surface area contributed by atoms with E-state index in [1.165, 1.54) is 64.2 Å². The van der Waals surface area contributed by atoms with E-state index in [-0.39, 0.29) is 5.75 Å². The van der Waals surface area contributed by atoms with Crippen LogP contribution in [0.4, 0.5) is 0 Å². The first-order valence-electron chi connectivity index (χ1n) is 7.98. The van der Waals surface area contributed by atoms with Gasteiger partial charge < -0.3 is 0 Å². The molecule has 0 bridgehead atoms. The van der Waals surface area contributed by atoms with E-state index in [2.05, 4.69) is 6.92 Å². The van der Waals surface area contributed by atoms with E-state index >= 15 is 0 Å². The van der Waals surface area contributed by atoms with Crippen LogP contribution in [0.1, 0.15) is 90.4 Å². The molecule has 0 amide bonds. The Labute approximate surface area is 124 Å². The second-order valence-corrected chi connectivity index (χ2v) is 8.38. The molecule has 0 fully saturated rings. The first kappa shape index (κ1) is 19.2. The predicted molar refractivity (Wildman–Crippen MR) is 85.3 cm³/mol. The quantitative estimate of drug-likeness (QED) is 0.307. The van der Waals surface area contributed by atoms with Crippen molar-refractivity contribution in [3.63, 3.8) is 0 Å². The van der Waals surface area contributed by atoms with Gasteiger partial charge >= 0.3 is 0 Å². The van der Waals surface area contributed by atoms with Crippen molar-refractivity contribution in [2.45, 2.75) is 90.4 Å². The summed E-state index contributed by atoms with van der Waals surface area (Å²) >= 11 is 0. The fraction of sp³-hybridized carbons (Fsp3) is 1.00. The van der Waals surface area contributed by atoms with E-state index in [9.17, 15) is 8.42 Å². The molecule has 0 aliphatic rings. The van der Waals surface area contributed by atoms with Crippen LogP contribution in [0.15, 0.2) is 0 Å². The van der Waals surface area contributed by atoms with Crippen LogP contribution < -0.4 is 0 Å². The van der Waals surface area contributed by atoms with Crippen LogP contribution in [-0.2, 0) is 9.05 Å². The van der Waals surface area contributed by atoms with Gasteiger partial charge in [-0.05, 0) is 6.42 Å². The number of hydrogen-bond acceptors (Lipinski definition) is 2. The number of unbranched alkanes of at least 4 members (excludes halogenated alkanes) is 12. The van der Waals surface area contributed by atoms with E-state index in [4.69, 9.17) is 10.7 Å². The van der Waals surface area contributed by atoms with Gasteiger partial charge in [-0.25, -0.2) is 8.42 Å². The molecule has 0 aromatic carbocycles. The SMILES string of the molecule is CCCCCCCCCCCCCCCS(=O)(=O)Cl. The lowest BCUT2D eigenvalue weighted by Crippen LogP contribution is -1.96. The highest BCUT2D eigenvalue weighted by Crippen LogP contribution is 2.13. The average molecular weight is 311 g/mol. The minimum Gasteiger partial charge on any atom is -0.212 e. The molecule has 19 heavy (non-hydrogen) atoms. The van der Waals surface area contributed by atoms with Gasteiger partial charge in [0.05, 0.1) is 5.75 Å². The molecular weight excluding hydrogens is 280 g/mol. The zero-order valence-electron chi connectivity index (χ0n) is 12.5. The molecule has 0 N–H and O–H groups in total. The second kappa shape index (κ2) is 13.2. The smallest absolute Gasteiger partial charge is 0.212 e. The number of rotatable bonds is 14. The Bertz CT molecular complexity index is 276. The summed E-state index contributed by atoms with van der Waals surface area (Å²) in [7, 11) is 1.88. The van der Waals surface area contributed by atoms with Crippen LogP contribution in [0.3, 0.4) is 0 Å². The standard InChI is InChI=1S/C15H31ClO2S/c1-2-3-4-5-6-7-8-9-10-11-12-13-14-15-19(16,17)18/h2-15H2,1H3. The largest absolute Gasteiger partial charge is 0.232 e. The van der Waals surface area contributed by atoms with Gasteiger partial charge in [-0.1, -0.05) is 84.0 Å². The molecule has 0 aromatic heterocycles. The van der Waals surface area contributed by atoms with Crippen LogP contribution in [0.25, 0.3) is 0 Å². The molecule has 0 aliphatic carbocycles. The maximum absolute atomic E-state index is 10.7. The van der Waals surface area contributed by atoms with Crippen molar-refractivity contribution in [1.29, 1.82) is 0 Å². The predicted octanol–water partition coefficient (Wildman–Crippen LogP) is 5.65. The lowest BCUT2D eigenvalue weighted by atomic mass is 10.1. The van der Waals surface area contributed by atoms with Crippen molar-refractivity contribution in [3.05, 3.63) is 0 Å². The first-order valence-corrected chi connectivity index (χ1v) is 10.5. The van der Waals surface area contributed by atoms with Crippen LogP contribution in [-0.4, -0.2) is 14.2 Å². The lowest BCUT2D eigenvalue weighted by Gasteiger charge is -2.02. The van der Waals surface area contributed by atoms with Crippen LogP contribution in [0, 0.1) is 0 Å². The maximum Gasteiger partial charge on any atom is 0.232 e. The fourth-order valence-corrected chi connectivity index (χ4v) is 3.17. The molecule has 0 spiro atoms. The van der Waals surface area contributed by atoms with Gasteiger partial charge in [0.15, 0.2) is 0 Å². The molecule has 0 unspecified atom stereocenters. The Morgan fingerprint density at radius 1 is 0.632 bits per heavy atom. The van der Waals surface area contributed by atoms with E-state index in [1.807, 2.05) is 0 Å². The van der Waals surface area contributed by atoms with Crippen molar-refractivity contribution in [2.24, 2.45) is 0 Å². The zero-order valence-corrected chi connectivity index (χ0v) is 14.1. The number of hydrogen-bond donors (Lipinski definition) is 0. The molecule has 0 aromatic rings. The topological polar surface area (TPSA) is 34.1 Å². The third-order valence-electron chi connectivity index (χ3n) is 3.49. The van der Waals surface area contributed by atoms with Crippen molar-refractivity contribution in [3.8, 4) is 0 Å². The first-order chi connectivity index (χ1) is 9.06. The van der Waals surface area contributed by atoms with E-state index in [1.54, 1.807) is 0 Å². The second-order valence-electron chi connectivity index (χ2n) is 5.49. The van der Waals surface area contributed by atoms with Crippen molar-refractivity contribution < 1.29 is 8.42 Å². The third-order valence-corrected chi connectivity index (χ3v) is 4.73. The molecule has 0 rings (SSSR count). The van der Waals surface area contributed by atoms with Crippen molar-refractivity contribution in [1.82, 2.24) is 0 Å². The maximum atomic E-state index is 10.7. The minimum atomic E-state index is -3.27. The fourth-order valence-electron chi connectivity index (χ4n) is 2.29. The summed E-state index contributed by atoms with van der Waals surface area (Å²) in [4.78, 5) is 0. The summed E-state index contributed by atoms with van der Waals surface area (Å²) in [6, 6.07) is 0. The van der Waals surface area contributed by atoms with Crippen LogP contribution in [0.2, 0.25) is 0 Å². The Morgan fingerprint density at radius 3 is 1.26 bits per heavy atom. The highest BCUT2D eigenvalue weighted by atomic mass is 35.7. The Balaban J connectivity index is 3.03. The summed E-state index contributed by atoms with van der Waals surface area (Å²) in [5, 5.41) is 0. The Hall–Kier alpha value is 0.240. The zero-order chi connectivity index (χ0) is 14.4. The molecule has 116 valence electrons. The summed E-state index contributed by atoms with van der Waals surface area (Å²) in [5.41, 5.74) is 0. The van der Waals surface area contributed by atoms with Gasteiger partial charge in [0.1, 0.15) is 0 Å². The van der Waals surface area contributed by atoms with E-state index in [0.29, 0.717) is 6.42 Å². The summed E-state index contributed by atoms with van der Waals surface area (Å²) < 4.78 is 21.4. The summed E-state index contributed by atoms with van der Waals surface area (Å²) in [6.45, 7) is 2.25. The summed E-state index contributed by atoms with van der Waals surface area (Å²) in [5.74, 6) is 0.131. The normalized spacial score (nSPS) is 11.9. The van der Waals surface area contributed by atoms with Gasteiger partial charge in [-0.2, -0.15) is 0 Å². The molecule has 0 saturated carbocycles. The monoisotopic (exact) mass is 310 g/mol. The highest BCUT2D eigenvalue weighted by molar-refractivity contribution is 8.13. The minimum absolute atomic E-state index is 0.131. The van der Waals surface area contributed by atoms with Crippen molar-refractivity contribution >= 4 is 19.7 Å². The van der Waals surface area contributed by atoms with Crippen LogP contribution >= 0.6 is 10.7 Å². The molecule has 0 radical (unpaired) electrons. The molecule has 0 aliphatic heterocycles. The molecule has 2 nitrogen and oxygen atoms in total. The number of halogens is 1. The van der Waals surface area contributed by atoms with Gasteiger partial charge in [-0.15, -0.1) is 0 Å². The Kier molecular flexibility index (Phi) is 13.4. The van der Waals surface area contributed by atoms with Gasteiger partial charge in [-0.3, -0.25) is 0 Å². The molecule has 0 saturated heterocycles. The van der Waals surface area contributed by atoms with Gasteiger partial charge in [0.2, 0.25) is 9.05 Å². The molecule has 0 heterocycles. The highest BCUT2D eigenvalue weighted by Gasteiger charge is 2.03. The lowest BCUT2D eigenvalue weighted by molar-refractivity contribution is 0.541. The third kappa shape index (κ3) is 18.2. The summed E-state index contributed by atoms with van der Waals surface area (Å²) in [6.07, 6.45) is 16.4. The van der Waals surface area contributed by atoms with Crippen LogP contribution in [0.5, 0.6) is 0 Å². The van der Waals surface area contributed by atoms with Gasteiger partial charge in [0.25, 0.3) is 0 Å². The molecular formula is C15H31ClO2S. The van der Waals surface area contributed by atoms with Crippen molar-refractivity contribution in [2.75, 3.05) is 5.75 Å². The molecule has 4 heteroatoms. The average Bonchev–Trinajstić information content (AvgIpc) is 2.34. The Morgan fingerprint density at radius 2 is 0.947 bits per heavy atom.